The average molecular weight is 461 g/mol. The van der Waals surface area contributed by atoms with Crippen LogP contribution in [0, 0.1) is 12.8 Å². The summed E-state index contributed by atoms with van der Waals surface area (Å²) in [5.74, 6) is -0.324. The van der Waals surface area contributed by atoms with Gasteiger partial charge in [-0.25, -0.2) is 0 Å². The van der Waals surface area contributed by atoms with E-state index in [-0.39, 0.29) is 36.0 Å². The normalized spacial score (nSPS) is 15.4. The Morgan fingerprint density at radius 2 is 1.68 bits per heavy atom. The van der Waals surface area contributed by atoms with Gasteiger partial charge in [-0.3, -0.25) is 14.4 Å². The van der Waals surface area contributed by atoms with Gasteiger partial charge in [0.05, 0.1) is 22.5 Å². The molecule has 164 valence electrons. The van der Waals surface area contributed by atoms with E-state index in [1.54, 1.807) is 23.1 Å². The van der Waals surface area contributed by atoms with Gasteiger partial charge in [-0.05, 0) is 43.5 Å². The molecular weight excluding hydrogens is 435 g/mol. The summed E-state index contributed by atoms with van der Waals surface area (Å²) in [6, 6.07) is 12.3. The summed E-state index contributed by atoms with van der Waals surface area (Å²) in [5, 5.41) is 3.66. The molecule has 0 saturated carbocycles. The molecule has 2 aromatic carbocycles. The number of rotatable bonds is 6. The first-order valence-electron chi connectivity index (χ1n) is 10.4. The van der Waals surface area contributed by atoms with Gasteiger partial charge in [0.15, 0.2) is 5.78 Å². The number of Topliss-reactive ketones (excluding diaryl/α,β-unsaturated/α-hetero) is 1. The molecule has 0 aliphatic carbocycles. The molecule has 0 aromatic heterocycles. The van der Waals surface area contributed by atoms with Gasteiger partial charge >= 0.3 is 0 Å². The van der Waals surface area contributed by atoms with Crippen LogP contribution in [-0.2, 0) is 9.59 Å². The fourth-order valence-electron chi connectivity index (χ4n) is 3.88. The first kappa shape index (κ1) is 23.3. The lowest BCUT2D eigenvalue weighted by Gasteiger charge is -2.32. The van der Waals surface area contributed by atoms with Gasteiger partial charge in [-0.15, -0.1) is 0 Å². The monoisotopic (exact) mass is 460 g/mol. The summed E-state index contributed by atoms with van der Waals surface area (Å²) in [6.07, 6.45) is 1.38. The number of nitrogens with one attached hydrogen (secondary N) is 1. The first-order chi connectivity index (χ1) is 14.7. The first-order valence-corrected chi connectivity index (χ1v) is 11.1. The third-order valence-corrected chi connectivity index (χ3v) is 6.40. The predicted molar refractivity (Wildman–Crippen MR) is 122 cm³/mol. The molecule has 2 amide bonds. The largest absolute Gasteiger partial charge is 0.349 e. The average Bonchev–Trinajstić information content (AvgIpc) is 2.75. The zero-order valence-corrected chi connectivity index (χ0v) is 19.2. The van der Waals surface area contributed by atoms with Gasteiger partial charge in [0.25, 0.3) is 0 Å². The summed E-state index contributed by atoms with van der Waals surface area (Å²) in [6.45, 7) is 4.46. The number of aryl methyl sites for hydroxylation is 1. The summed E-state index contributed by atoms with van der Waals surface area (Å²) in [7, 11) is 0. The van der Waals surface area contributed by atoms with Crippen LogP contribution in [-0.4, -0.2) is 35.6 Å². The minimum absolute atomic E-state index is 0.0280. The molecule has 0 radical (unpaired) electrons. The second kappa shape index (κ2) is 10.3. The molecule has 1 aliphatic heterocycles. The lowest BCUT2D eigenvalue weighted by atomic mass is 9.88. The van der Waals surface area contributed by atoms with Crippen LogP contribution in [0.4, 0.5) is 0 Å². The molecule has 1 unspecified atom stereocenters. The van der Waals surface area contributed by atoms with Crippen molar-refractivity contribution in [2.24, 2.45) is 5.92 Å². The molecule has 1 saturated heterocycles. The Bertz CT molecular complexity index is 967. The quantitative estimate of drug-likeness (QED) is 0.617. The Morgan fingerprint density at radius 1 is 1.03 bits per heavy atom. The van der Waals surface area contributed by atoms with Crippen LogP contribution in [0.5, 0.6) is 0 Å². The maximum absolute atomic E-state index is 12.9. The SMILES string of the molecule is CC(=O)NC(CC(=O)N1CCC(C(=O)c2ccc(Cl)c(Cl)c2)CC1)c1ccc(C)cc1. The van der Waals surface area contributed by atoms with E-state index >= 15 is 0 Å². The number of nitrogens with zero attached hydrogens (tertiary/aromatic N) is 1. The number of likely N-dealkylation sites (tertiary alicyclic amines) is 1. The third kappa shape index (κ3) is 6.08. The second-order valence-electron chi connectivity index (χ2n) is 8.02. The van der Waals surface area contributed by atoms with Crippen LogP contribution in [0.15, 0.2) is 42.5 Å². The smallest absolute Gasteiger partial charge is 0.224 e. The molecule has 1 N–H and O–H groups in total. The molecule has 0 spiro atoms. The Balaban J connectivity index is 1.60. The minimum atomic E-state index is -0.374. The molecule has 0 bridgehead atoms. The highest BCUT2D eigenvalue weighted by atomic mass is 35.5. The Kier molecular flexibility index (Phi) is 7.74. The van der Waals surface area contributed by atoms with E-state index < -0.39 is 0 Å². The van der Waals surface area contributed by atoms with Crippen LogP contribution >= 0.6 is 23.2 Å². The van der Waals surface area contributed by atoms with Crippen LogP contribution in [0.25, 0.3) is 0 Å². The van der Waals surface area contributed by atoms with Crippen molar-refractivity contribution in [1.29, 1.82) is 0 Å². The van der Waals surface area contributed by atoms with Crippen LogP contribution in [0.3, 0.4) is 0 Å². The summed E-state index contributed by atoms with van der Waals surface area (Å²) in [4.78, 5) is 39.2. The minimum Gasteiger partial charge on any atom is -0.349 e. The lowest BCUT2D eigenvalue weighted by molar-refractivity contribution is -0.133. The molecule has 31 heavy (non-hydrogen) atoms. The van der Waals surface area contributed by atoms with E-state index in [0.29, 0.717) is 41.5 Å². The van der Waals surface area contributed by atoms with Crippen LogP contribution in [0.1, 0.15) is 53.7 Å². The zero-order chi connectivity index (χ0) is 22.5. The number of ketones is 1. The number of hydrogen-bond donors (Lipinski definition) is 1. The van der Waals surface area contributed by atoms with Crippen molar-refractivity contribution in [2.75, 3.05) is 13.1 Å². The third-order valence-electron chi connectivity index (χ3n) is 5.66. The molecule has 5 nitrogen and oxygen atoms in total. The molecule has 3 rings (SSSR count). The standard InChI is InChI=1S/C24H26Cl2N2O3/c1-15-3-5-17(6-4-15)22(27-16(2)29)14-23(30)28-11-9-18(10-12-28)24(31)19-7-8-20(25)21(26)13-19/h3-8,13,18,22H,9-12,14H2,1-2H3,(H,27,29). The topological polar surface area (TPSA) is 66.5 Å². The van der Waals surface area contributed by atoms with Gasteiger partial charge in [0, 0.05) is 31.5 Å². The Labute approximate surface area is 192 Å². The highest BCUT2D eigenvalue weighted by Crippen LogP contribution is 2.28. The van der Waals surface area contributed by atoms with E-state index in [9.17, 15) is 14.4 Å². The lowest BCUT2D eigenvalue weighted by Crippen LogP contribution is -2.42. The van der Waals surface area contributed by atoms with E-state index in [2.05, 4.69) is 5.32 Å². The Hall–Kier alpha value is -2.37. The summed E-state index contributed by atoms with van der Waals surface area (Å²) >= 11 is 12.0. The van der Waals surface area contributed by atoms with Crippen molar-refractivity contribution in [3.05, 3.63) is 69.2 Å². The molecule has 7 heteroatoms. The van der Waals surface area contributed by atoms with Gasteiger partial charge < -0.3 is 10.2 Å². The number of carbonyl (C=O) groups excluding carboxylic acids is 3. The fraction of sp³-hybridized carbons (Fsp3) is 0.375. The summed E-state index contributed by atoms with van der Waals surface area (Å²) in [5.41, 5.74) is 2.56. The van der Waals surface area contributed by atoms with Gasteiger partial charge in [0.2, 0.25) is 11.8 Å². The van der Waals surface area contributed by atoms with E-state index in [1.807, 2.05) is 31.2 Å². The zero-order valence-electron chi connectivity index (χ0n) is 17.7. The van der Waals surface area contributed by atoms with Gasteiger partial charge in [-0.2, -0.15) is 0 Å². The van der Waals surface area contributed by atoms with Crippen molar-refractivity contribution in [3.8, 4) is 0 Å². The number of carbonyl (C=O) groups is 3. The van der Waals surface area contributed by atoms with Crippen LogP contribution in [0.2, 0.25) is 10.0 Å². The maximum Gasteiger partial charge on any atom is 0.224 e. The number of halogens is 2. The van der Waals surface area contributed by atoms with Crippen molar-refractivity contribution in [3.63, 3.8) is 0 Å². The van der Waals surface area contributed by atoms with Crippen LogP contribution < -0.4 is 5.32 Å². The predicted octanol–water partition coefficient (Wildman–Crippen LogP) is 4.99. The molecule has 1 fully saturated rings. The van der Waals surface area contributed by atoms with E-state index in [4.69, 9.17) is 23.2 Å². The van der Waals surface area contributed by atoms with E-state index in [0.717, 1.165) is 11.1 Å². The number of hydrogen-bond acceptors (Lipinski definition) is 3. The maximum atomic E-state index is 12.9. The molecular formula is C24H26Cl2N2O3. The van der Waals surface area contributed by atoms with E-state index in [1.165, 1.54) is 6.92 Å². The van der Waals surface area contributed by atoms with Crippen molar-refractivity contribution < 1.29 is 14.4 Å². The number of amides is 2. The Morgan fingerprint density at radius 3 is 2.26 bits per heavy atom. The molecule has 1 aliphatic rings. The highest BCUT2D eigenvalue weighted by Gasteiger charge is 2.29. The van der Waals surface area contributed by atoms with Gasteiger partial charge in [0.1, 0.15) is 0 Å². The molecule has 1 heterocycles. The van der Waals surface area contributed by atoms with Crippen molar-refractivity contribution in [1.82, 2.24) is 10.2 Å². The number of benzene rings is 2. The van der Waals surface area contributed by atoms with Crippen molar-refractivity contribution in [2.45, 2.75) is 39.2 Å². The number of piperidine rings is 1. The molecule has 2 aromatic rings. The van der Waals surface area contributed by atoms with Crippen molar-refractivity contribution >= 4 is 40.8 Å². The second-order valence-corrected chi connectivity index (χ2v) is 8.83. The fourth-order valence-corrected chi connectivity index (χ4v) is 4.17. The molecule has 1 atom stereocenters. The summed E-state index contributed by atoms with van der Waals surface area (Å²) < 4.78 is 0. The van der Waals surface area contributed by atoms with Gasteiger partial charge in [-0.1, -0.05) is 53.0 Å². The highest BCUT2D eigenvalue weighted by molar-refractivity contribution is 6.42.